The third-order valence-electron chi connectivity index (χ3n) is 3.92. The fourth-order valence-corrected chi connectivity index (χ4v) is 3.03. The Hall–Kier alpha value is -2.58. The molecule has 0 N–H and O–H groups in total. The zero-order valence-electron chi connectivity index (χ0n) is 12.0. The summed E-state index contributed by atoms with van der Waals surface area (Å²) >= 11 is 0. The number of hydrogen-bond donors (Lipinski definition) is 0. The molecule has 0 amide bonds. The standard InChI is InChI=1S/C20H14NSi/c22-18-13-11-17(12-14-18)21-19-7-3-1-5-15(19)9-10-16-6-2-4-8-20(16)21/h1-14H. The van der Waals surface area contributed by atoms with Crippen LogP contribution < -0.4 is 10.1 Å². The van der Waals surface area contributed by atoms with Gasteiger partial charge in [0.15, 0.2) is 0 Å². The van der Waals surface area contributed by atoms with E-state index in [4.69, 9.17) is 0 Å². The largest absolute Gasteiger partial charge is 0.309 e. The van der Waals surface area contributed by atoms with E-state index in [1.807, 2.05) is 0 Å². The molecule has 0 aliphatic carbocycles. The highest BCUT2D eigenvalue weighted by molar-refractivity contribution is 6.32. The van der Waals surface area contributed by atoms with Gasteiger partial charge in [0.1, 0.15) is 0 Å². The van der Waals surface area contributed by atoms with Crippen molar-refractivity contribution in [2.24, 2.45) is 0 Å². The summed E-state index contributed by atoms with van der Waals surface area (Å²) in [6, 6.07) is 25.4. The van der Waals surface area contributed by atoms with Crippen LogP contribution in [0.15, 0.2) is 72.8 Å². The van der Waals surface area contributed by atoms with Gasteiger partial charge in [0, 0.05) is 5.69 Å². The second kappa shape index (κ2) is 5.32. The molecule has 3 radical (unpaired) electrons. The second-order valence-electron chi connectivity index (χ2n) is 5.33. The number of nitrogens with zero attached hydrogens (tertiary/aromatic N) is 1. The Morgan fingerprint density at radius 1 is 0.591 bits per heavy atom. The fraction of sp³-hybridized carbons (Fsp3) is 0. The third kappa shape index (κ3) is 2.18. The van der Waals surface area contributed by atoms with Crippen molar-refractivity contribution in [3.8, 4) is 0 Å². The normalized spacial score (nSPS) is 12.5. The highest BCUT2D eigenvalue weighted by Gasteiger charge is 2.18. The van der Waals surface area contributed by atoms with Crippen molar-refractivity contribution < 1.29 is 0 Å². The van der Waals surface area contributed by atoms with Crippen molar-refractivity contribution in [3.05, 3.63) is 83.9 Å². The maximum atomic E-state index is 3.57. The Morgan fingerprint density at radius 2 is 1.09 bits per heavy atom. The Bertz CT molecular complexity index is 800. The molecule has 1 aliphatic heterocycles. The second-order valence-corrected chi connectivity index (χ2v) is 5.91. The van der Waals surface area contributed by atoms with Crippen LogP contribution in [0.2, 0.25) is 0 Å². The molecule has 0 unspecified atom stereocenters. The van der Waals surface area contributed by atoms with Crippen LogP contribution in [0.25, 0.3) is 12.2 Å². The van der Waals surface area contributed by atoms with Crippen LogP contribution in [0, 0.1) is 0 Å². The van der Waals surface area contributed by atoms with Crippen molar-refractivity contribution in [1.29, 1.82) is 0 Å². The fourth-order valence-electron chi connectivity index (χ4n) is 2.86. The van der Waals surface area contributed by atoms with Gasteiger partial charge in [0.25, 0.3) is 0 Å². The first-order chi connectivity index (χ1) is 10.8. The molecule has 4 rings (SSSR count). The van der Waals surface area contributed by atoms with Crippen molar-refractivity contribution in [2.75, 3.05) is 4.90 Å². The molecule has 0 saturated heterocycles. The van der Waals surface area contributed by atoms with E-state index < -0.39 is 0 Å². The molecule has 3 aromatic carbocycles. The highest BCUT2D eigenvalue weighted by Crippen LogP contribution is 2.41. The monoisotopic (exact) mass is 296 g/mol. The van der Waals surface area contributed by atoms with E-state index in [9.17, 15) is 0 Å². The number of para-hydroxylation sites is 2. The molecule has 3 aromatic rings. The van der Waals surface area contributed by atoms with Crippen molar-refractivity contribution >= 4 is 44.6 Å². The van der Waals surface area contributed by atoms with Crippen LogP contribution >= 0.6 is 0 Å². The van der Waals surface area contributed by atoms with Crippen LogP contribution in [-0.4, -0.2) is 10.2 Å². The minimum absolute atomic E-state index is 1.08. The van der Waals surface area contributed by atoms with Gasteiger partial charge in [0.2, 0.25) is 0 Å². The number of benzene rings is 3. The maximum absolute atomic E-state index is 3.57. The molecule has 0 bridgehead atoms. The van der Waals surface area contributed by atoms with Crippen LogP contribution in [0.3, 0.4) is 0 Å². The molecule has 1 heterocycles. The summed E-state index contributed by atoms with van der Waals surface area (Å²) in [6.45, 7) is 0. The van der Waals surface area contributed by atoms with Crippen molar-refractivity contribution in [3.63, 3.8) is 0 Å². The lowest BCUT2D eigenvalue weighted by Crippen LogP contribution is -2.12. The lowest BCUT2D eigenvalue weighted by Gasteiger charge is -2.27. The summed E-state index contributed by atoms with van der Waals surface area (Å²) in [7, 11) is 3.57. The van der Waals surface area contributed by atoms with Crippen molar-refractivity contribution in [2.45, 2.75) is 0 Å². The quantitative estimate of drug-likeness (QED) is 0.470. The van der Waals surface area contributed by atoms with Gasteiger partial charge in [-0.2, -0.15) is 0 Å². The van der Waals surface area contributed by atoms with E-state index in [2.05, 4.69) is 100 Å². The minimum atomic E-state index is 1.08. The van der Waals surface area contributed by atoms with Crippen molar-refractivity contribution in [1.82, 2.24) is 0 Å². The van der Waals surface area contributed by atoms with E-state index in [-0.39, 0.29) is 0 Å². The average Bonchev–Trinajstić information content (AvgIpc) is 2.73. The molecule has 2 heteroatoms. The van der Waals surface area contributed by atoms with Crippen LogP contribution in [-0.2, 0) is 0 Å². The van der Waals surface area contributed by atoms with Gasteiger partial charge in [-0.1, -0.05) is 65.9 Å². The molecular formula is C20H14NSi. The van der Waals surface area contributed by atoms with Gasteiger partial charge in [-0.05, 0) is 35.4 Å². The molecule has 0 aromatic heterocycles. The molecule has 0 fully saturated rings. The van der Waals surface area contributed by atoms with Gasteiger partial charge in [-0.25, -0.2) is 0 Å². The zero-order chi connectivity index (χ0) is 14.9. The highest BCUT2D eigenvalue weighted by atomic mass is 28.1. The first-order valence-corrected chi connectivity index (χ1v) is 7.81. The van der Waals surface area contributed by atoms with Gasteiger partial charge >= 0.3 is 0 Å². The smallest absolute Gasteiger partial charge is 0.0711 e. The van der Waals surface area contributed by atoms with Gasteiger partial charge in [0.05, 0.1) is 21.6 Å². The lowest BCUT2D eigenvalue weighted by molar-refractivity contribution is 1.28. The number of anilines is 3. The van der Waals surface area contributed by atoms with Gasteiger partial charge in [-0.3, -0.25) is 0 Å². The SMILES string of the molecule is [Si]c1ccc(N2c3ccccc3C=Cc3ccccc32)cc1. The Morgan fingerprint density at radius 3 is 1.64 bits per heavy atom. The molecule has 0 atom stereocenters. The van der Waals surface area contributed by atoms with E-state index in [0.29, 0.717) is 0 Å². The molecule has 1 nitrogen and oxygen atoms in total. The van der Waals surface area contributed by atoms with E-state index in [0.717, 1.165) is 10.9 Å². The van der Waals surface area contributed by atoms with Crippen LogP contribution in [0.5, 0.6) is 0 Å². The topological polar surface area (TPSA) is 3.24 Å². The first kappa shape index (κ1) is 13.1. The lowest BCUT2D eigenvalue weighted by atomic mass is 10.1. The third-order valence-corrected chi connectivity index (χ3v) is 4.26. The Balaban J connectivity index is 1.99. The summed E-state index contributed by atoms with van der Waals surface area (Å²) in [6.07, 6.45) is 4.37. The van der Waals surface area contributed by atoms with E-state index in [1.54, 1.807) is 0 Å². The summed E-state index contributed by atoms with van der Waals surface area (Å²) < 4.78 is 0. The molecule has 103 valence electrons. The predicted octanol–water partition coefficient (Wildman–Crippen LogP) is 4.43. The molecule has 0 saturated carbocycles. The summed E-state index contributed by atoms with van der Waals surface area (Å²) in [5.41, 5.74) is 6.00. The Labute approximate surface area is 134 Å². The molecular weight excluding hydrogens is 282 g/mol. The van der Waals surface area contributed by atoms with E-state index in [1.165, 1.54) is 22.5 Å². The Kier molecular flexibility index (Phi) is 3.17. The number of rotatable bonds is 1. The number of fused-ring (bicyclic) bond motifs is 2. The molecule has 22 heavy (non-hydrogen) atoms. The molecule has 1 aliphatic rings. The summed E-state index contributed by atoms with van der Waals surface area (Å²) in [4.78, 5) is 2.32. The average molecular weight is 296 g/mol. The summed E-state index contributed by atoms with van der Waals surface area (Å²) in [5, 5.41) is 1.08. The van der Waals surface area contributed by atoms with Crippen LogP contribution in [0.1, 0.15) is 11.1 Å². The summed E-state index contributed by atoms with van der Waals surface area (Å²) in [5.74, 6) is 0. The minimum Gasteiger partial charge on any atom is -0.309 e. The van der Waals surface area contributed by atoms with Crippen LogP contribution in [0.4, 0.5) is 17.1 Å². The zero-order valence-corrected chi connectivity index (χ0v) is 13.0. The maximum Gasteiger partial charge on any atom is 0.0711 e. The van der Waals surface area contributed by atoms with E-state index >= 15 is 0 Å². The van der Waals surface area contributed by atoms with Gasteiger partial charge < -0.3 is 4.90 Å². The van der Waals surface area contributed by atoms with Gasteiger partial charge in [-0.15, -0.1) is 0 Å². The first-order valence-electron chi connectivity index (χ1n) is 7.31. The predicted molar refractivity (Wildman–Crippen MR) is 95.4 cm³/mol. The number of hydrogen-bond acceptors (Lipinski definition) is 1. The molecule has 0 spiro atoms.